The summed E-state index contributed by atoms with van der Waals surface area (Å²) in [6.07, 6.45) is 0. The number of Topliss-reactive ketones (excluding diaryl/α,β-unsaturated/α-hetero) is 1. The minimum absolute atomic E-state index is 0.0542. The van der Waals surface area contributed by atoms with Gasteiger partial charge in [0, 0.05) is 22.6 Å². The Morgan fingerprint density at radius 2 is 1.75 bits per heavy atom. The summed E-state index contributed by atoms with van der Waals surface area (Å²) in [5.41, 5.74) is 0.353. The number of esters is 1. The Hall–Kier alpha value is -2.67. The lowest BCUT2D eigenvalue weighted by atomic mass is 10.1. The third-order valence-electron chi connectivity index (χ3n) is 3.10. The van der Waals surface area contributed by atoms with Crippen LogP contribution >= 0.6 is 11.8 Å². The van der Waals surface area contributed by atoms with Crippen molar-refractivity contribution in [3.63, 3.8) is 0 Å². The number of ketones is 1. The zero-order chi connectivity index (χ0) is 17.5. The standard InChI is InChI=1S/C17H15NO5S/c1-2-23-17(20)16(15(19)12-6-4-3-5-7-12)24-14-10-8-13(9-11-14)18(21)22/h3-11,16H,2H2,1H3/t16-/m0/s1. The van der Waals surface area contributed by atoms with Crippen molar-refractivity contribution < 1.29 is 19.2 Å². The molecule has 24 heavy (non-hydrogen) atoms. The quantitative estimate of drug-likeness (QED) is 0.191. The molecule has 0 fully saturated rings. The van der Waals surface area contributed by atoms with E-state index in [0.717, 1.165) is 11.8 Å². The van der Waals surface area contributed by atoms with Crippen LogP contribution in [0, 0.1) is 10.1 Å². The van der Waals surface area contributed by atoms with Crippen molar-refractivity contribution >= 4 is 29.2 Å². The van der Waals surface area contributed by atoms with Crippen LogP contribution in [0.25, 0.3) is 0 Å². The topological polar surface area (TPSA) is 86.5 Å². The molecule has 0 N–H and O–H groups in total. The fourth-order valence-corrected chi connectivity index (χ4v) is 2.94. The molecule has 7 heteroatoms. The first-order chi connectivity index (χ1) is 11.5. The van der Waals surface area contributed by atoms with Crippen molar-refractivity contribution in [1.29, 1.82) is 0 Å². The molecule has 0 aliphatic heterocycles. The Kier molecular flexibility index (Phi) is 6.08. The van der Waals surface area contributed by atoms with Crippen LogP contribution in [0.2, 0.25) is 0 Å². The zero-order valence-corrected chi connectivity index (χ0v) is 13.7. The molecule has 0 aliphatic carbocycles. The van der Waals surface area contributed by atoms with E-state index in [4.69, 9.17) is 4.74 Å². The Balaban J connectivity index is 2.24. The third kappa shape index (κ3) is 4.42. The smallest absolute Gasteiger partial charge is 0.327 e. The number of carbonyl (C=O) groups is 2. The van der Waals surface area contributed by atoms with Gasteiger partial charge in [-0.2, -0.15) is 0 Å². The van der Waals surface area contributed by atoms with Crippen LogP contribution in [0.15, 0.2) is 59.5 Å². The molecule has 1 atom stereocenters. The van der Waals surface area contributed by atoms with E-state index in [9.17, 15) is 19.7 Å². The first-order valence-corrected chi connectivity index (χ1v) is 8.08. The van der Waals surface area contributed by atoms with Gasteiger partial charge >= 0.3 is 5.97 Å². The highest BCUT2D eigenvalue weighted by atomic mass is 32.2. The highest BCUT2D eigenvalue weighted by Crippen LogP contribution is 2.28. The van der Waals surface area contributed by atoms with Crippen LogP contribution in [-0.2, 0) is 9.53 Å². The minimum Gasteiger partial charge on any atom is -0.465 e. The first-order valence-electron chi connectivity index (χ1n) is 7.20. The Labute approximate surface area is 143 Å². The van der Waals surface area contributed by atoms with Gasteiger partial charge in [-0.3, -0.25) is 19.7 Å². The van der Waals surface area contributed by atoms with E-state index in [1.807, 2.05) is 0 Å². The predicted molar refractivity (Wildman–Crippen MR) is 90.1 cm³/mol. The maximum Gasteiger partial charge on any atom is 0.327 e. The lowest BCUT2D eigenvalue weighted by molar-refractivity contribution is -0.384. The summed E-state index contributed by atoms with van der Waals surface area (Å²) < 4.78 is 4.99. The van der Waals surface area contributed by atoms with Gasteiger partial charge < -0.3 is 4.74 Å². The molecule has 2 rings (SSSR count). The number of hydrogen-bond donors (Lipinski definition) is 0. The van der Waals surface area contributed by atoms with Crippen molar-refractivity contribution in [1.82, 2.24) is 0 Å². The summed E-state index contributed by atoms with van der Waals surface area (Å²) in [4.78, 5) is 35.5. The lowest BCUT2D eigenvalue weighted by Crippen LogP contribution is -2.29. The predicted octanol–water partition coefficient (Wildman–Crippen LogP) is 3.50. The summed E-state index contributed by atoms with van der Waals surface area (Å²) in [5, 5.41) is 9.63. The van der Waals surface area contributed by atoms with Gasteiger partial charge in [-0.15, -0.1) is 11.8 Å². The molecule has 0 saturated carbocycles. The van der Waals surface area contributed by atoms with Crippen molar-refractivity contribution in [3.8, 4) is 0 Å². The number of hydrogen-bond acceptors (Lipinski definition) is 6. The van der Waals surface area contributed by atoms with Crippen molar-refractivity contribution in [2.75, 3.05) is 6.61 Å². The second-order valence-electron chi connectivity index (χ2n) is 4.73. The van der Waals surface area contributed by atoms with Gasteiger partial charge in [-0.25, -0.2) is 0 Å². The van der Waals surface area contributed by atoms with Gasteiger partial charge in [0.2, 0.25) is 0 Å². The highest BCUT2D eigenvalue weighted by molar-refractivity contribution is 8.01. The molecular formula is C17H15NO5S. The number of nitrogens with zero attached hydrogens (tertiary/aromatic N) is 1. The van der Waals surface area contributed by atoms with E-state index in [-0.39, 0.29) is 18.1 Å². The Morgan fingerprint density at radius 3 is 2.29 bits per heavy atom. The van der Waals surface area contributed by atoms with Crippen LogP contribution < -0.4 is 0 Å². The van der Waals surface area contributed by atoms with Crippen LogP contribution in [0.4, 0.5) is 5.69 Å². The van der Waals surface area contributed by atoms with E-state index in [1.165, 1.54) is 24.3 Å². The molecule has 0 aliphatic rings. The van der Waals surface area contributed by atoms with E-state index < -0.39 is 16.1 Å². The van der Waals surface area contributed by atoms with Crippen molar-refractivity contribution in [2.24, 2.45) is 0 Å². The summed E-state index contributed by atoms with van der Waals surface area (Å²) in [6, 6.07) is 14.1. The number of rotatable bonds is 7. The fourth-order valence-electron chi connectivity index (χ4n) is 1.96. The Bertz CT molecular complexity index is 730. The van der Waals surface area contributed by atoms with E-state index in [0.29, 0.717) is 10.5 Å². The normalized spacial score (nSPS) is 11.5. The molecule has 0 spiro atoms. The molecule has 0 amide bonds. The van der Waals surface area contributed by atoms with Gasteiger partial charge in [0.15, 0.2) is 11.0 Å². The molecule has 0 heterocycles. The van der Waals surface area contributed by atoms with Crippen LogP contribution in [0.5, 0.6) is 0 Å². The molecule has 0 saturated heterocycles. The Morgan fingerprint density at radius 1 is 1.12 bits per heavy atom. The van der Waals surface area contributed by atoms with Gasteiger partial charge in [0.05, 0.1) is 11.5 Å². The SMILES string of the molecule is CCOC(=O)[C@@H](Sc1ccc([N+](=O)[O-])cc1)C(=O)c1ccccc1. The zero-order valence-electron chi connectivity index (χ0n) is 12.9. The maximum absolute atomic E-state index is 12.6. The maximum atomic E-state index is 12.6. The van der Waals surface area contributed by atoms with Gasteiger partial charge in [-0.1, -0.05) is 30.3 Å². The molecule has 124 valence electrons. The molecule has 0 radical (unpaired) electrons. The summed E-state index contributed by atoms with van der Waals surface area (Å²) in [5.74, 6) is -0.993. The number of nitro benzene ring substituents is 1. The van der Waals surface area contributed by atoms with E-state index in [1.54, 1.807) is 37.3 Å². The van der Waals surface area contributed by atoms with Gasteiger partial charge in [0.1, 0.15) is 0 Å². The van der Waals surface area contributed by atoms with Crippen molar-refractivity contribution in [2.45, 2.75) is 17.1 Å². The van der Waals surface area contributed by atoms with Crippen LogP contribution in [0.3, 0.4) is 0 Å². The van der Waals surface area contributed by atoms with Crippen LogP contribution in [0.1, 0.15) is 17.3 Å². The molecule has 0 bridgehead atoms. The van der Waals surface area contributed by atoms with Crippen molar-refractivity contribution in [3.05, 3.63) is 70.3 Å². The largest absolute Gasteiger partial charge is 0.465 e. The number of non-ortho nitro benzene ring substituents is 1. The number of nitro groups is 1. The molecule has 0 aromatic heterocycles. The highest BCUT2D eigenvalue weighted by Gasteiger charge is 2.30. The number of benzene rings is 2. The second kappa shape index (κ2) is 8.26. The van der Waals surface area contributed by atoms with Gasteiger partial charge in [0.25, 0.3) is 5.69 Å². The summed E-state index contributed by atoms with van der Waals surface area (Å²) >= 11 is 1.01. The fraction of sp³-hybridized carbons (Fsp3) is 0.176. The average molecular weight is 345 g/mol. The minimum atomic E-state index is -1.06. The van der Waals surface area contributed by atoms with Crippen LogP contribution in [-0.4, -0.2) is 28.5 Å². The first kappa shape index (κ1) is 17.7. The molecule has 0 unspecified atom stereocenters. The molecular weight excluding hydrogens is 330 g/mol. The van der Waals surface area contributed by atoms with E-state index >= 15 is 0 Å². The third-order valence-corrected chi connectivity index (χ3v) is 4.29. The van der Waals surface area contributed by atoms with E-state index in [2.05, 4.69) is 0 Å². The number of carbonyl (C=O) groups excluding carboxylic acids is 2. The van der Waals surface area contributed by atoms with Gasteiger partial charge in [-0.05, 0) is 19.1 Å². The summed E-state index contributed by atoms with van der Waals surface area (Å²) in [7, 11) is 0. The molecule has 2 aromatic carbocycles. The summed E-state index contributed by atoms with van der Waals surface area (Å²) in [6.45, 7) is 1.83. The molecule has 2 aromatic rings. The average Bonchev–Trinajstić information content (AvgIpc) is 2.60. The molecule has 6 nitrogen and oxygen atoms in total. The lowest BCUT2D eigenvalue weighted by Gasteiger charge is -2.14. The second-order valence-corrected chi connectivity index (χ2v) is 5.91. The number of thioether (sulfide) groups is 1. The monoisotopic (exact) mass is 345 g/mol. The number of ether oxygens (including phenoxy) is 1.